The summed E-state index contributed by atoms with van der Waals surface area (Å²) in [6.07, 6.45) is 0. The lowest BCUT2D eigenvalue weighted by molar-refractivity contribution is 0.148. The van der Waals surface area contributed by atoms with Gasteiger partial charge in [-0.1, -0.05) is 11.7 Å². The molecule has 4 nitrogen and oxygen atoms in total. The van der Waals surface area contributed by atoms with Crippen LogP contribution in [0.4, 0.5) is 0 Å². The number of rotatable bonds is 2. The van der Waals surface area contributed by atoms with Crippen LogP contribution >= 0.6 is 0 Å². The van der Waals surface area contributed by atoms with E-state index in [2.05, 4.69) is 11.7 Å². The highest BCUT2D eigenvalue weighted by Gasteiger charge is 2.22. The molecule has 0 aliphatic heterocycles. The van der Waals surface area contributed by atoms with E-state index >= 15 is 0 Å². The summed E-state index contributed by atoms with van der Waals surface area (Å²) in [6, 6.07) is 0. The molecule has 0 saturated heterocycles. The number of aliphatic hydroxyl groups is 1. The Morgan fingerprint density at radius 2 is 2.00 bits per heavy atom. The van der Waals surface area contributed by atoms with Gasteiger partial charge in [-0.25, -0.2) is 0 Å². The van der Waals surface area contributed by atoms with Crippen molar-refractivity contribution in [2.24, 2.45) is 10.9 Å². The predicted molar refractivity (Wildman–Crippen MR) is 38.8 cm³/mol. The molecule has 0 heterocycles. The van der Waals surface area contributed by atoms with Crippen molar-refractivity contribution in [3.63, 3.8) is 0 Å². The Morgan fingerprint density at radius 3 is 2.00 bits per heavy atom. The molecule has 4 N–H and O–H groups in total. The molecule has 0 radical (unpaired) electrons. The van der Waals surface area contributed by atoms with Gasteiger partial charge in [0.15, 0.2) is 0 Å². The number of nitrogens with zero attached hydrogens (tertiary/aromatic N) is 1. The fourth-order valence-corrected chi connectivity index (χ4v) is 0.580. The number of oxime groups is 1. The van der Waals surface area contributed by atoms with E-state index in [1.807, 2.05) is 0 Å². The SMILES string of the molecule is C=C(N)/C(=N\O)C(C)(C)O. The van der Waals surface area contributed by atoms with Crippen LogP contribution in [0.2, 0.25) is 0 Å². The first kappa shape index (κ1) is 8.97. The van der Waals surface area contributed by atoms with Gasteiger partial charge in [-0.3, -0.25) is 0 Å². The summed E-state index contributed by atoms with van der Waals surface area (Å²) < 4.78 is 0. The highest BCUT2D eigenvalue weighted by atomic mass is 16.4. The average Bonchev–Trinajstić information content (AvgIpc) is 1.60. The quantitative estimate of drug-likeness (QED) is 0.291. The van der Waals surface area contributed by atoms with Crippen LogP contribution in [0.25, 0.3) is 0 Å². The second-order valence-electron chi connectivity index (χ2n) is 2.53. The molecule has 0 saturated carbocycles. The van der Waals surface area contributed by atoms with Crippen LogP contribution in [0.5, 0.6) is 0 Å². The van der Waals surface area contributed by atoms with Crippen LogP contribution in [0, 0.1) is 0 Å². The molecular weight excluding hydrogens is 132 g/mol. The zero-order valence-electron chi connectivity index (χ0n) is 6.13. The van der Waals surface area contributed by atoms with E-state index in [4.69, 9.17) is 10.9 Å². The summed E-state index contributed by atoms with van der Waals surface area (Å²) in [4.78, 5) is 0. The molecule has 0 atom stereocenters. The lowest BCUT2D eigenvalue weighted by Crippen LogP contribution is -2.34. The first-order valence-corrected chi connectivity index (χ1v) is 2.79. The molecule has 0 aliphatic carbocycles. The van der Waals surface area contributed by atoms with Gasteiger partial charge in [-0.2, -0.15) is 0 Å². The maximum absolute atomic E-state index is 9.22. The summed E-state index contributed by atoms with van der Waals surface area (Å²) in [5, 5.41) is 20.3. The van der Waals surface area contributed by atoms with Gasteiger partial charge in [0.2, 0.25) is 0 Å². The van der Waals surface area contributed by atoms with Crippen LogP contribution in [0.1, 0.15) is 13.8 Å². The van der Waals surface area contributed by atoms with Gasteiger partial charge in [-0.05, 0) is 13.8 Å². The average molecular weight is 144 g/mol. The van der Waals surface area contributed by atoms with E-state index in [-0.39, 0.29) is 11.4 Å². The Morgan fingerprint density at radius 1 is 1.60 bits per heavy atom. The highest BCUT2D eigenvalue weighted by Crippen LogP contribution is 2.07. The molecule has 0 rings (SSSR count). The molecule has 0 unspecified atom stereocenters. The van der Waals surface area contributed by atoms with Gasteiger partial charge >= 0.3 is 0 Å². The van der Waals surface area contributed by atoms with Crippen LogP contribution in [-0.4, -0.2) is 21.6 Å². The van der Waals surface area contributed by atoms with E-state index in [9.17, 15) is 5.11 Å². The minimum Gasteiger partial charge on any atom is -0.410 e. The van der Waals surface area contributed by atoms with Gasteiger partial charge in [-0.15, -0.1) is 0 Å². The lowest BCUT2D eigenvalue weighted by atomic mass is 10.0. The Labute approximate surface area is 59.7 Å². The van der Waals surface area contributed by atoms with E-state index in [0.717, 1.165) is 0 Å². The van der Waals surface area contributed by atoms with E-state index in [1.165, 1.54) is 13.8 Å². The second-order valence-corrected chi connectivity index (χ2v) is 2.53. The Balaban J connectivity index is 4.56. The Hall–Kier alpha value is -1.03. The fraction of sp³-hybridized carbons (Fsp3) is 0.500. The van der Waals surface area contributed by atoms with Crippen molar-refractivity contribution in [3.05, 3.63) is 12.3 Å². The van der Waals surface area contributed by atoms with Crippen LogP contribution in [0.15, 0.2) is 17.4 Å². The Bertz CT molecular complexity index is 167. The van der Waals surface area contributed by atoms with Crippen molar-refractivity contribution in [1.82, 2.24) is 0 Å². The van der Waals surface area contributed by atoms with E-state index < -0.39 is 5.60 Å². The van der Waals surface area contributed by atoms with E-state index in [1.54, 1.807) is 0 Å². The van der Waals surface area contributed by atoms with E-state index in [0.29, 0.717) is 0 Å². The highest BCUT2D eigenvalue weighted by molar-refractivity contribution is 6.04. The first-order valence-electron chi connectivity index (χ1n) is 2.79. The van der Waals surface area contributed by atoms with Crippen molar-refractivity contribution >= 4 is 5.71 Å². The number of hydrogen-bond donors (Lipinski definition) is 3. The molecule has 10 heavy (non-hydrogen) atoms. The molecule has 0 aliphatic rings. The molecule has 0 aromatic carbocycles. The summed E-state index contributed by atoms with van der Waals surface area (Å²) in [7, 11) is 0. The third-order valence-corrected chi connectivity index (χ3v) is 0.984. The Kier molecular flexibility index (Phi) is 2.42. The van der Waals surface area contributed by atoms with Crippen molar-refractivity contribution in [1.29, 1.82) is 0 Å². The van der Waals surface area contributed by atoms with Gasteiger partial charge in [0.1, 0.15) is 11.3 Å². The summed E-state index contributed by atoms with van der Waals surface area (Å²) >= 11 is 0. The van der Waals surface area contributed by atoms with Crippen LogP contribution in [-0.2, 0) is 0 Å². The van der Waals surface area contributed by atoms with Gasteiger partial charge in [0, 0.05) is 0 Å². The second kappa shape index (κ2) is 2.70. The maximum atomic E-state index is 9.22. The lowest BCUT2D eigenvalue weighted by Gasteiger charge is -2.17. The summed E-state index contributed by atoms with van der Waals surface area (Å²) in [5.74, 6) is 0. The minimum absolute atomic E-state index is 0.00694. The van der Waals surface area contributed by atoms with Gasteiger partial charge in [0.25, 0.3) is 0 Å². The minimum atomic E-state index is -1.24. The van der Waals surface area contributed by atoms with Gasteiger partial charge < -0.3 is 16.0 Å². The predicted octanol–water partition coefficient (Wildman–Crippen LogP) is 0.0599. The first-order chi connectivity index (χ1) is 4.39. The third-order valence-electron chi connectivity index (χ3n) is 0.984. The van der Waals surface area contributed by atoms with Gasteiger partial charge in [0.05, 0.1) is 5.70 Å². The molecule has 0 amide bonds. The van der Waals surface area contributed by atoms with Crippen molar-refractivity contribution in [2.75, 3.05) is 0 Å². The summed E-state index contributed by atoms with van der Waals surface area (Å²) in [6.45, 7) is 6.24. The molecule has 58 valence electrons. The smallest absolute Gasteiger partial charge is 0.133 e. The van der Waals surface area contributed by atoms with Crippen LogP contribution < -0.4 is 5.73 Å². The molecule has 0 aromatic heterocycles. The van der Waals surface area contributed by atoms with Crippen molar-refractivity contribution in [3.8, 4) is 0 Å². The standard InChI is InChI=1S/C6H12N2O2/c1-4(7)5(8-10)6(2,3)9/h9-10H,1,7H2,2-3H3/b8-5+. The third kappa shape index (κ3) is 2.06. The van der Waals surface area contributed by atoms with Crippen LogP contribution in [0.3, 0.4) is 0 Å². The monoisotopic (exact) mass is 144 g/mol. The zero-order chi connectivity index (χ0) is 8.36. The number of hydrogen-bond acceptors (Lipinski definition) is 4. The maximum Gasteiger partial charge on any atom is 0.133 e. The normalized spacial score (nSPS) is 13.3. The largest absolute Gasteiger partial charge is 0.410 e. The molecule has 4 heteroatoms. The molecular formula is C6H12N2O2. The zero-order valence-corrected chi connectivity index (χ0v) is 6.13. The van der Waals surface area contributed by atoms with Crippen molar-refractivity contribution < 1.29 is 10.3 Å². The number of nitrogens with two attached hydrogens (primary N) is 1. The molecule has 0 spiro atoms. The molecule has 0 aromatic rings. The molecule has 0 fully saturated rings. The fourth-order valence-electron chi connectivity index (χ4n) is 0.580. The topological polar surface area (TPSA) is 78.8 Å². The van der Waals surface area contributed by atoms with Crippen molar-refractivity contribution in [2.45, 2.75) is 19.4 Å². The molecule has 0 bridgehead atoms. The summed E-state index contributed by atoms with van der Waals surface area (Å²) in [5.41, 5.74) is 4.01.